The minimum Gasteiger partial charge on any atom is -0.507 e. The predicted octanol–water partition coefficient (Wildman–Crippen LogP) is 4.22. The number of fused-ring (bicyclic) bond motifs is 1. The van der Waals surface area contributed by atoms with E-state index >= 15 is 0 Å². The number of phenols is 1. The maximum atomic E-state index is 12.4. The third-order valence-corrected chi connectivity index (χ3v) is 4.41. The van der Waals surface area contributed by atoms with Crippen LogP contribution in [0.5, 0.6) is 11.5 Å². The first-order chi connectivity index (χ1) is 14.2. The Balaban J connectivity index is 1.48. The zero-order valence-electron chi connectivity index (χ0n) is 15.5. The van der Waals surface area contributed by atoms with Crippen LogP contribution in [0.3, 0.4) is 0 Å². The summed E-state index contributed by atoms with van der Waals surface area (Å²) in [6.07, 6.45) is 1.39. The van der Waals surface area contributed by atoms with Gasteiger partial charge in [0.25, 0.3) is 5.91 Å². The molecule has 0 saturated heterocycles. The third-order valence-electron chi connectivity index (χ3n) is 4.41. The molecule has 0 bridgehead atoms. The fourth-order valence-corrected chi connectivity index (χ4v) is 2.93. The molecule has 144 valence electrons. The number of aromatic hydroxyl groups is 1. The number of ether oxygens (including phenoxy) is 1. The normalized spacial score (nSPS) is 11.0. The van der Waals surface area contributed by atoms with Crippen molar-refractivity contribution in [3.05, 3.63) is 95.7 Å². The van der Waals surface area contributed by atoms with E-state index in [-0.39, 0.29) is 11.7 Å². The van der Waals surface area contributed by atoms with E-state index in [0.29, 0.717) is 23.6 Å². The molecular formula is C23H19N3O3. The second-order valence-corrected chi connectivity index (χ2v) is 6.43. The second kappa shape index (κ2) is 8.31. The first kappa shape index (κ1) is 18.3. The molecule has 3 aromatic carbocycles. The summed E-state index contributed by atoms with van der Waals surface area (Å²) in [5.41, 5.74) is 5.20. The number of amides is 1. The van der Waals surface area contributed by atoms with E-state index in [9.17, 15) is 9.90 Å². The van der Waals surface area contributed by atoms with Crippen LogP contribution in [0.25, 0.3) is 10.9 Å². The summed E-state index contributed by atoms with van der Waals surface area (Å²) in [4.78, 5) is 15.5. The number of hydrogen-bond donors (Lipinski definition) is 3. The molecule has 4 rings (SSSR count). The number of aromatic nitrogens is 1. The summed E-state index contributed by atoms with van der Waals surface area (Å²) in [6.45, 7) is 0.442. The first-order valence-electron chi connectivity index (χ1n) is 9.10. The van der Waals surface area contributed by atoms with Gasteiger partial charge in [0.05, 0.1) is 6.21 Å². The lowest BCUT2D eigenvalue weighted by Gasteiger charge is -2.07. The van der Waals surface area contributed by atoms with E-state index < -0.39 is 0 Å². The highest BCUT2D eigenvalue weighted by atomic mass is 16.5. The molecule has 0 radical (unpaired) electrons. The number of hydrazone groups is 1. The minimum atomic E-state index is -0.387. The van der Waals surface area contributed by atoms with E-state index in [2.05, 4.69) is 15.5 Å². The zero-order chi connectivity index (χ0) is 20.1. The highest BCUT2D eigenvalue weighted by Gasteiger charge is 2.12. The predicted molar refractivity (Wildman–Crippen MR) is 112 cm³/mol. The highest BCUT2D eigenvalue weighted by molar-refractivity contribution is 6.00. The topological polar surface area (TPSA) is 86.7 Å². The monoisotopic (exact) mass is 385 g/mol. The number of phenolic OH excluding ortho intramolecular Hbond substituents is 1. The lowest BCUT2D eigenvalue weighted by atomic mass is 10.2. The van der Waals surface area contributed by atoms with Crippen LogP contribution in [0.1, 0.15) is 21.6 Å². The quantitative estimate of drug-likeness (QED) is 0.343. The van der Waals surface area contributed by atoms with Crippen LogP contribution in [-0.2, 0) is 6.61 Å². The van der Waals surface area contributed by atoms with Crippen molar-refractivity contribution >= 4 is 23.0 Å². The fourth-order valence-electron chi connectivity index (χ4n) is 2.93. The number of rotatable bonds is 6. The molecule has 29 heavy (non-hydrogen) atoms. The van der Waals surface area contributed by atoms with Crippen LogP contribution in [0.4, 0.5) is 0 Å². The molecule has 3 N–H and O–H groups in total. The molecule has 0 fully saturated rings. The molecule has 1 heterocycles. The maximum Gasteiger partial charge on any atom is 0.287 e. The van der Waals surface area contributed by atoms with Gasteiger partial charge < -0.3 is 14.8 Å². The van der Waals surface area contributed by atoms with Crippen LogP contribution in [0.2, 0.25) is 0 Å². The SMILES string of the molecule is O=C(N/N=C/c1ccccc1O)c1cc2c(OCc3ccccc3)cccc2[nH]1. The number of nitrogens with zero attached hydrogens (tertiary/aromatic N) is 1. The molecule has 0 spiro atoms. The lowest BCUT2D eigenvalue weighted by molar-refractivity contribution is 0.0951. The molecule has 6 nitrogen and oxygen atoms in total. The first-order valence-corrected chi connectivity index (χ1v) is 9.10. The Morgan fingerprint density at radius 3 is 2.66 bits per heavy atom. The van der Waals surface area contributed by atoms with Gasteiger partial charge in [-0.1, -0.05) is 48.5 Å². The summed E-state index contributed by atoms with van der Waals surface area (Å²) >= 11 is 0. The summed E-state index contributed by atoms with van der Waals surface area (Å²) in [6, 6.07) is 24.0. The van der Waals surface area contributed by atoms with Crippen molar-refractivity contribution in [2.75, 3.05) is 0 Å². The second-order valence-electron chi connectivity index (χ2n) is 6.43. The lowest BCUT2D eigenvalue weighted by Crippen LogP contribution is -2.17. The Hall–Kier alpha value is -4.06. The van der Waals surface area contributed by atoms with Crippen LogP contribution >= 0.6 is 0 Å². The molecule has 1 aromatic heterocycles. The summed E-state index contributed by atoms with van der Waals surface area (Å²) in [7, 11) is 0. The number of H-pyrrole nitrogens is 1. The van der Waals surface area contributed by atoms with Crippen molar-refractivity contribution < 1.29 is 14.6 Å². The molecule has 0 saturated carbocycles. The van der Waals surface area contributed by atoms with Crippen LogP contribution in [0, 0.1) is 0 Å². The van der Waals surface area contributed by atoms with Crippen molar-refractivity contribution in [2.24, 2.45) is 5.10 Å². The molecule has 1 amide bonds. The third kappa shape index (κ3) is 4.27. The Labute approximate surface area is 167 Å². The smallest absolute Gasteiger partial charge is 0.287 e. The van der Waals surface area contributed by atoms with E-state index in [1.165, 1.54) is 6.21 Å². The molecule has 0 aliphatic rings. The number of carbonyl (C=O) groups is 1. The van der Waals surface area contributed by atoms with Crippen molar-refractivity contribution in [2.45, 2.75) is 6.61 Å². The summed E-state index contributed by atoms with van der Waals surface area (Å²) < 4.78 is 5.94. The highest BCUT2D eigenvalue weighted by Crippen LogP contribution is 2.27. The number of nitrogens with one attached hydrogen (secondary N) is 2. The Morgan fingerprint density at radius 2 is 1.83 bits per heavy atom. The Bertz CT molecular complexity index is 1170. The van der Waals surface area contributed by atoms with Gasteiger partial charge in [0.1, 0.15) is 23.8 Å². The van der Waals surface area contributed by atoms with Crippen molar-refractivity contribution in [1.29, 1.82) is 0 Å². The zero-order valence-corrected chi connectivity index (χ0v) is 15.5. The van der Waals surface area contributed by atoms with Gasteiger partial charge in [0.2, 0.25) is 0 Å². The van der Waals surface area contributed by atoms with E-state index in [1.807, 2.05) is 48.5 Å². The van der Waals surface area contributed by atoms with Gasteiger partial charge in [-0.3, -0.25) is 4.79 Å². The summed E-state index contributed by atoms with van der Waals surface area (Å²) in [5, 5.41) is 14.5. The van der Waals surface area contributed by atoms with Gasteiger partial charge in [0.15, 0.2) is 0 Å². The molecule has 6 heteroatoms. The maximum absolute atomic E-state index is 12.4. The van der Waals surface area contributed by atoms with Crippen molar-refractivity contribution in [3.8, 4) is 11.5 Å². The van der Waals surface area contributed by atoms with Gasteiger partial charge in [0, 0.05) is 16.5 Å². The minimum absolute atomic E-state index is 0.0938. The van der Waals surface area contributed by atoms with Gasteiger partial charge in [-0.15, -0.1) is 0 Å². The van der Waals surface area contributed by atoms with Gasteiger partial charge in [-0.05, 0) is 35.9 Å². The average Bonchev–Trinajstić information content (AvgIpc) is 3.19. The summed E-state index contributed by atoms with van der Waals surface area (Å²) in [5.74, 6) is 0.401. The average molecular weight is 385 g/mol. The number of benzene rings is 3. The molecule has 0 aliphatic carbocycles. The largest absolute Gasteiger partial charge is 0.507 e. The van der Waals surface area contributed by atoms with Gasteiger partial charge in [-0.2, -0.15) is 5.10 Å². The molecule has 0 aliphatic heterocycles. The van der Waals surface area contributed by atoms with Crippen LogP contribution < -0.4 is 10.2 Å². The van der Waals surface area contributed by atoms with Crippen molar-refractivity contribution in [3.63, 3.8) is 0 Å². The number of carbonyl (C=O) groups excluding carboxylic acids is 1. The van der Waals surface area contributed by atoms with E-state index in [0.717, 1.165) is 16.5 Å². The Morgan fingerprint density at radius 1 is 1.03 bits per heavy atom. The Kier molecular flexibility index (Phi) is 5.25. The molecule has 0 atom stereocenters. The molecule has 4 aromatic rings. The molecular weight excluding hydrogens is 366 g/mol. The standard InChI is InChI=1S/C23H19N3O3/c27-21-11-5-4-9-17(21)14-24-26-23(28)20-13-18-19(25-20)10-6-12-22(18)29-15-16-7-2-1-3-8-16/h1-14,25,27H,15H2,(H,26,28)/b24-14+. The van der Waals surface area contributed by atoms with Gasteiger partial charge in [-0.25, -0.2) is 5.43 Å². The number of hydrogen-bond acceptors (Lipinski definition) is 4. The van der Waals surface area contributed by atoms with E-state index in [1.54, 1.807) is 30.3 Å². The van der Waals surface area contributed by atoms with Crippen LogP contribution in [0.15, 0.2) is 84.0 Å². The number of aromatic amines is 1. The fraction of sp³-hybridized carbons (Fsp3) is 0.0435. The van der Waals surface area contributed by atoms with Crippen LogP contribution in [-0.4, -0.2) is 22.2 Å². The number of para-hydroxylation sites is 1. The van der Waals surface area contributed by atoms with Crippen molar-refractivity contribution in [1.82, 2.24) is 10.4 Å². The van der Waals surface area contributed by atoms with E-state index in [4.69, 9.17) is 4.74 Å². The van der Waals surface area contributed by atoms with Gasteiger partial charge >= 0.3 is 0 Å². The molecule has 0 unspecified atom stereocenters.